The highest BCUT2D eigenvalue weighted by Gasteiger charge is 2.41. The lowest BCUT2D eigenvalue weighted by atomic mass is 10.1. The van der Waals surface area contributed by atoms with Crippen LogP contribution >= 0.6 is 0 Å². The fourth-order valence-corrected chi connectivity index (χ4v) is 2.74. The van der Waals surface area contributed by atoms with Gasteiger partial charge in [0.05, 0.1) is 11.0 Å². The summed E-state index contributed by atoms with van der Waals surface area (Å²) in [6.07, 6.45) is 1.12. The molecule has 0 spiro atoms. The van der Waals surface area contributed by atoms with E-state index in [-0.39, 0.29) is 5.82 Å². The first-order chi connectivity index (χ1) is 9.31. The maximum atomic E-state index is 13.2. The number of nitrogens with zero attached hydrogens (tertiary/aromatic N) is 1. The molecule has 94 valence electrons. The van der Waals surface area contributed by atoms with Gasteiger partial charge < -0.3 is 4.98 Å². The molecule has 1 aliphatic rings. The van der Waals surface area contributed by atoms with Crippen LogP contribution in [-0.4, -0.2) is 9.97 Å². The predicted molar refractivity (Wildman–Crippen MR) is 72.6 cm³/mol. The second kappa shape index (κ2) is 3.92. The second-order valence-corrected chi connectivity index (χ2v) is 5.14. The number of halogens is 1. The van der Waals surface area contributed by atoms with Crippen LogP contribution in [0.3, 0.4) is 0 Å². The Balaban J connectivity index is 1.66. The standard InChI is InChI=1S/C16H13FN2/c17-11-6-7-14-15(8-11)19-16(18-14)13-9-12(13)10-4-2-1-3-5-10/h1-8,12-13H,9H2,(H,18,19). The first kappa shape index (κ1) is 10.7. The van der Waals surface area contributed by atoms with Crippen molar-refractivity contribution in [3.05, 3.63) is 65.7 Å². The number of aromatic amines is 1. The lowest BCUT2D eigenvalue weighted by molar-refractivity contribution is 0.629. The van der Waals surface area contributed by atoms with E-state index in [2.05, 4.69) is 34.2 Å². The van der Waals surface area contributed by atoms with E-state index in [0.29, 0.717) is 11.8 Å². The van der Waals surface area contributed by atoms with Crippen LogP contribution in [0.5, 0.6) is 0 Å². The third-order valence-electron chi connectivity index (χ3n) is 3.83. The predicted octanol–water partition coefficient (Wildman–Crippen LogP) is 3.97. The molecule has 4 rings (SSSR count). The molecule has 1 aliphatic carbocycles. The average Bonchev–Trinajstić information content (AvgIpc) is 3.13. The van der Waals surface area contributed by atoms with Crippen molar-refractivity contribution in [2.75, 3.05) is 0 Å². The molecule has 1 N–H and O–H groups in total. The van der Waals surface area contributed by atoms with E-state index >= 15 is 0 Å². The van der Waals surface area contributed by atoms with Crippen molar-refractivity contribution in [1.82, 2.24) is 9.97 Å². The van der Waals surface area contributed by atoms with E-state index < -0.39 is 0 Å². The minimum absolute atomic E-state index is 0.224. The highest BCUT2D eigenvalue weighted by Crippen LogP contribution is 2.53. The van der Waals surface area contributed by atoms with E-state index in [1.165, 1.54) is 17.7 Å². The van der Waals surface area contributed by atoms with Gasteiger partial charge in [-0.15, -0.1) is 0 Å². The van der Waals surface area contributed by atoms with Crippen LogP contribution in [0.1, 0.15) is 29.6 Å². The summed E-state index contributed by atoms with van der Waals surface area (Å²) in [7, 11) is 0. The number of rotatable bonds is 2. The zero-order valence-electron chi connectivity index (χ0n) is 10.3. The third-order valence-corrected chi connectivity index (χ3v) is 3.83. The highest BCUT2D eigenvalue weighted by molar-refractivity contribution is 5.75. The molecule has 3 aromatic rings. The van der Waals surface area contributed by atoms with Gasteiger partial charge in [0.1, 0.15) is 11.6 Å². The van der Waals surface area contributed by atoms with Gasteiger partial charge in [-0.25, -0.2) is 9.37 Å². The fraction of sp³-hybridized carbons (Fsp3) is 0.188. The van der Waals surface area contributed by atoms with Crippen molar-refractivity contribution < 1.29 is 4.39 Å². The summed E-state index contributed by atoms with van der Waals surface area (Å²) in [4.78, 5) is 7.82. The minimum atomic E-state index is -0.224. The van der Waals surface area contributed by atoms with Gasteiger partial charge in [0, 0.05) is 5.92 Å². The molecule has 1 aromatic heterocycles. The minimum Gasteiger partial charge on any atom is -0.342 e. The van der Waals surface area contributed by atoms with Gasteiger partial charge in [-0.2, -0.15) is 0 Å². The molecule has 0 saturated heterocycles. The summed E-state index contributed by atoms with van der Waals surface area (Å²) < 4.78 is 13.2. The van der Waals surface area contributed by atoms with Gasteiger partial charge in [0.2, 0.25) is 0 Å². The molecule has 1 heterocycles. The molecule has 3 heteroatoms. The molecular weight excluding hydrogens is 239 g/mol. The smallest absolute Gasteiger partial charge is 0.125 e. The molecule has 1 fully saturated rings. The van der Waals surface area contributed by atoms with Crippen molar-refractivity contribution in [3.8, 4) is 0 Å². The van der Waals surface area contributed by atoms with Gasteiger partial charge >= 0.3 is 0 Å². The maximum absolute atomic E-state index is 13.2. The second-order valence-electron chi connectivity index (χ2n) is 5.14. The number of aromatic nitrogens is 2. The quantitative estimate of drug-likeness (QED) is 0.734. The van der Waals surface area contributed by atoms with E-state index in [9.17, 15) is 4.39 Å². The average molecular weight is 252 g/mol. The van der Waals surface area contributed by atoms with Crippen molar-refractivity contribution in [1.29, 1.82) is 0 Å². The van der Waals surface area contributed by atoms with Crippen molar-refractivity contribution in [3.63, 3.8) is 0 Å². The zero-order chi connectivity index (χ0) is 12.8. The Morgan fingerprint density at radius 1 is 1.05 bits per heavy atom. The molecule has 19 heavy (non-hydrogen) atoms. The van der Waals surface area contributed by atoms with E-state index in [4.69, 9.17) is 0 Å². The molecule has 0 amide bonds. The Labute approximate surface area is 110 Å². The Bertz CT molecular complexity index is 733. The number of benzene rings is 2. The zero-order valence-corrected chi connectivity index (χ0v) is 10.3. The summed E-state index contributed by atoms with van der Waals surface area (Å²) in [5, 5.41) is 0. The summed E-state index contributed by atoms with van der Waals surface area (Å²) in [5.74, 6) is 1.75. The van der Waals surface area contributed by atoms with Gasteiger partial charge in [-0.3, -0.25) is 0 Å². The molecule has 2 aromatic carbocycles. The molecule has 2 unspecified atom stereocenters. The third kappa shape index (κ3) is 1.82. The van der Waals surface area contributed by atoms with Crippen LogP contribution in [0.15, 0.2) is 48.5 Å². The fourth-order valence-electron chi connectivity index (χ4n) is 2.74. The van der Waals surface area contributed by atoms with Gasteiger partial charge in [0.15, 0.2) is 0 Å². The van der Waals surface area contributed by atoms with Crippen LogP contribution in [0.2, 0.25) is 0 Å². The summed E-state index contributed by atoms with van der Waals surface area (Å²) >= 11 is 0. The summed E-state index contributed by atoms with van der Waals surface area (Å²) in [5.41, 5.74) is 2.99. The van der Waals surface area contributed by atoms with E-state index in [1.54, 1.807) is 6.07 Å². The van der Waals surface area contributed by atoms with Gasteiger partial charge in [0.25, 0.3) is 0 Å². The van der Waals surface area contributed by atoms with Gasteiger partial charge in [-0.1, -0.05) is 30.3 Å². The lowest BCUT2D eigenvalue weighted by Gasteiger charge is -1.97. The Morgan fingerprint density at radius 3 is 2.74 bits per heavy atom. The highest BCUT2D eigenvalue weighted by atomic mass is 19.1. The number of hydrogen-bond donors (Lipinski definition) is 1. The van der Waals surface area contributed by atoms with E-state index in [0.717, 1.165) is 23.3 Å². The van der Waals surface area contributed by atoms with Crippen LogP contribution in [-0.2, 0) is 0 Å². The van der Waals surface area contributed by atoms with Crippen LogP contribution < -0.4 is 0 Å². The number of nitrogens with one attached hydrogen (secondary N) is 1. The van der Waals surface area contributed by atoms with Gasteiger partial charge in [-0.05, 0) is 36.1 Å². The normalized spacial score (nSPS) is 21.7. The first-order valence-corrected chi connectivity index (χ1v) is 6.51. The Hall–Kier alpha value is -2.16. The molecule has 0 aliphatic heterocycles. The van der Waals surface area contributed by atoms with Crippen LogP contribution in [0.4, 0.5) is 4.39 Å². The largest absolute Gasteiger partial charge is 0.342 e. The summed E-state index contributed by atoms with van der Waals surface area (Å²) in [6.45, 7) is 0. The SMILES string of the molecule is Fc1ccc2nc(C3CC3c3ccccc3)[nH]c2c1. The number of H-pyrrole nitrogens is 1. The lowest BCUT2D eigenvalue weighted by Crippen LogP contribution is -1.86. The van der Waals surface area contributed by atoms with Crippen molar-refractivity contribution in [2.45, 2.75) is 18.3 Å². The van der Waals surface area contributed by atoms with E-state index in [1.807, 2.05) is 6.07 Å². The number of fused-ring (bicyclic) bond motifs is 1. The van der Waals surface area contributed by atoms with Crippen LogP contribution in [0.25, 0.3) is 11.0 Å². The number of hydrogen-bond acceptors (Lipinski definition) is 1. The summed E-state index contributed by atoms with van der Waals surface area (Å²) in [6, 6.07) is 15.2. The molecule has 0 radical (unpaired) electrons. The molecule has 1 saturated carbocycles. The molecular formula is C16H13FN2. The van der Waals surface area contributed by atoms with Crippen molar-refractivity contribution in [2.24, 2.45) is 0 Å². The Morgan fingerprint density at radius 2 is 1.89 bits per heavy atom. The Kier molecular flexibility index (Phi) is 2.21. The van der Waals surface area contributed by atoms with Crippen molar-refractivity contribution >= 4 is 11.0 Å². The molecule has 2 nitrogen and oxygen atoms in total. The topological polar surface area (TPSA) is 28.7 Å². The first-order valence-electron chi connectivity index (χ1n) is 6.51. The number of imidazole rings is 1. The van der Waals surface area contributed by atoms with Crippen LogP contribution in [0, 0.1) is 5.82 Å². The molecule has 2 atom stereocenters. The maximum Gasteiger partial charge on any atom is 0.125 e. The monoisotopic (exact) mass is 252 g/mol. The molecule has 0 bridgehead atoms.